The van der Waals surface area contributed by atoms with E-state index in [0.29, 0.717) is 35.1 Å². The third-order valence-corrected chi connectivity index (χ3v) is 6.25. The molecular formula is C26H28ClN3O3. The van der Waals surface area contributed by atoms with Crippen LogP contribution in [0.25, 0.3) is 10.8 Å². The van der Waals surface area contributed by atoms with Gasteiger partial charge in [0.2, 0.25) is 5.91 Å². The number of piperazine rings is 1. The molecule has 6 nitrogen and oxygen atoms in total. The average Bonchev–Trinajstić information content (AvgIpc) is 2.82. The zero-order chi connectivity index (χ0) is 23.5. The minimum absolute atomic E-state index is 0.00394. The lowest BCUT2D eigenvalue weighted by Crippen LogP contribution is -2.50. The molecule has 0 unspecified atom stereocenters. The fraction of sp³-hybridized carbons (Fsp3) is 0.308. The van der Waals surface area contributed by atoms with Gasteiger partial charge < -0.3 is 19.9 Å². The minimum atomic E-state index is -0.262. The van der Waals surface area contributed by atoms with E-state index in [1.54, 1.807) is 13.2 Å². The van der Waals surface area contributed by atoms with Gasteiger partial charge in [-0.25, -0.2) is 0 Å². The van der Waals surface area contributed by atoms with E-state index in [4.69, 9.17) is 16.3 Å². The van der Waals surface area contributed by atoms with Gasteiger partial charge in [-0.3, -0.25) is 9.59 Å². The summed E-state index contributed by atoms with van der Waals surface area (Å²) in [4.78, 5) is 29.3. The number of methoxy groups -OCH3 is 1. The summed E-state index contributed by atoms with van der Waals surface area (Å²) >= 11 is 6.58. The Balaban J connectivity index is 1.47. The molecular weight excluding hydrogens is 438 g/mol. The van der Waals surface area contributed by atoms with Gasteiger partial charge in [0.05, 0.1) is 23.4 Å². The van der Waals surface area contributed by atoms with Gasteiger partial charge in [-0.15, -0.1) is 0 Å². The van der Waals surface area contributed by atoms with Gasteiger partial charge in [0.1, 0.15) is 5.75 Å². The molecule has 4 rings (SSSR count). The number of carbonyl (C=O) groups excluding carboxylic acids is 2. The smallest absolute Gasteiger partial charge is 0.259 e. The molecule has 1 fully saturated rings. The topological polar surface area (TPSA) is 61.9 Å². The van der Waals surface area contributed by atoms with Gasteiger partial charge >= 0.3 is 0 Å². The molecule has 0 saturated carbocycles. The normalized spacial score (nSPS) is 14.0. The Kier molecular flexibility index (Phi) is 6.75. The average molecular weight is 466 g/mol. The molecule has 2 amide bonds. The van der Waals surface area contributed by atoms with Gasteiger partial charge in [-0.05, 0) is 41.1 Å². The highest BCUT2D eigenvalue weighted by Gasteiger charge is 2.24. The number of amides is 2. The summed E-state index contributed by atoms with van der Waals surface area (Å²) in [5, 5.41) is 5.46. The van der Waals surface area contributed by atoms with Crippen LogP contribution < -0.4 is 15.0 Å². The Bertz CT molecular complexity index is 1190. The highest BCUT2D eigenvalue weighted by molar-refractivity contribution is 6.33. The standard InChI is InChI=1S/C26H28ClN3O3/c1-17(2)26(32)30-12-10-29(11-13-30)23-9-8-20(16-22(23)27)28-25(31)21-14-18-6-4-5-7-19(18)15-24(21)33-3/h4-9,14-17H,10-13H2,1-3H3,(H,28,31). The molecule has 1 heterocycles. The molecule has 0 radical (unpaired) electrons. The van der Waals surface area contributed by atoms with Gasteiger partial charge in [0, 0.05) is 37.8 Å². The van der Waals surface area contributed by atoms with Crippen molar-refractivity contribution in [2.75, 3.05) is 43.5 Å². The monoisotopic (exact) mass is 465 g/mol. The number of nitrogens with one attached hydrogen (secondary N) is 1. The summed E-state index contributed by atoms with van der Waals surface area (Å²) in [5.74, 6) is 0.442. The minimum Gasteiger partial charge on any atom is -0.496 e. The fourth-order valence-electron chi connectivity index (χ4n) is 4.14. The number of benzene rings is 3. The van der Waals surface area contributed by atoms with Crippen molar-refractivity contribution in [1.82, 2.24) is 4.90 Å². The molecule has 3 aromatic rings. The lowest BCUT2D eigenvalue weighted by molar-refractivity contribution is -0.134. The van der Waals surface area contributed by atoms with Crippen molar-refractivity contribution in [3.63, 3.8) is 0 Å². The molecule has 0 spiro atoms. The largest absolute Gasteiger partial charge is 0.496 e. The molecule has 1 saturated heterocycles. The van der Waals surface area contributed by atoms with Crippen molar-refractivity contribution in [1.29, 1.82) is 0 Å². The van der Waals surface area contributed by atoms with Gasteiger partial charge in [-0.1, -0.05) is 49.7 Å². The first kappa shape index (κ1) is 22.9. The highest BCUT2D eigenvalue weighted by atomic mass is 35.5. The van der Waals surface area contributed by atoms with Crippen molar-refractivity contribution < 1.29 is 14.3 Å². The first-order valence-corrected chi connectivity index (χ1v) is 11.5. The SMILES string of the molecule is COc1cc2ccccc2cc1C(=O)Nc1ccc(N2CCN(C(=O)C(C)C)CC2)c(Cl)c1. The maximum atomic E-state index is 13.0. The van der Waals surface area contributed by atoms with E-state index in [2.05, 4.69) is 10.2 Å². The second-order valence-corrected chi connectivity index (χ2v) is 8.89. The lowest BCUT2D eigenvalue weighted by Gasteiger charge is -2.37. The van der Waals surface area contributed by atoms with E-state index in [0.717, 1.165) is 29.5 Å². The van der Waals surface area contributed by atoms with E-state index in [9.17, 15) is 9.59 Å². The molecule has 3 aromatic carbocycles. The number of carbonyl (C=O) groups is 2. The molecule has 33 heavy (non-hydrogen) atoms. The van der Waals surface area contributed by atoms with Gasteiger partial charge in [-0.2, -0.15) is 0 Å². The first-order valence-electron chi connectivity index (χ1n) is 11.1. The summed E-state index contributed by atoms with van der Waals surface area (Å²) in [6.45, 7) is 6.63. The molecule has 0 aromatic heterocycles. The number of halogens is 1. The number of ether oxygens (including phenoxy) is 1. The van der Waals surface area contributed by atoms with E-state index in [-0.39, 0.29) is 17.7 Å². The molecule has 7 heteroatoms. The number of hydrogen-bond donors (Lipinski definition) is 1. The first-order chi connectivity index (χ1) is 15.9. The van der Waals surface area contributed by atoms with E-state index in [1.807, 2.05) is 67.3 Å². The number of nitrogens with zero attached hydrogens (tertiary/aromatic N) is 2. The number of hydrogen-bond acceptors (Lipinski definition) is 4. The van der Waals surface area contributed by atoms with E-state index < -0.39 is 0 Å². The van der Waals surface area contributed by atoms with Crippen molar-refractivity contribution in [2.24, 2.45) is 5.92 Å². The van der Waals surface area contributed by atoms with Crippen LogP contribution in [0.4, 0.5) is 11.4 Å². The zero-order valence-electron chi connectivity index (χ0n) is 19.1. The van der Waals surface area contributed by atoms with Crippen LogP contribution in [0.15, 0.2) is 54.6 Å². The number of anilines is 2. The van der Waals surface area contributed by atoms with E-state index >= 15 is 0 Å². The molecule has 1 N–H and O–H groups in total. The van der Waals surface area contributed by atoms with Crippen LogP contribution in [-0.2, 0) is 4.79 Å². The van der Waals surface area contributed by atoms with Crippen LogP contribution >= 0.6 is 11.6 Å². The van der Waals surface area contributed by atoms with Crippen LogP contribution in [-0.4, -0.2) is 50.0 Å². The molecule has 1 aliphatic heterocycles. The predicted molar refractivity (Wildman–Crippen MR) is 134 cm³/mol. The Morgan fingerprint density at radius 3 is 2.24 bits per heavy atom. The highest BCUT2D eigenvalue weighted by Crippen LogP contribution is 2.31. The third kappa shape index (κ3) is 4.91. The lowest BCUT2D eigenvalue weighted by atomic mass is 10.1. The van der Waals surface area contributed by atoms with Gasteiger partial charge in [0.25, 0.3) is 5.91 Å². The third-order valence-electron chi connectivity index (χ3n) is 5.94. The van der Waals surface area contributed by atoms with Crippen LogP contribution in [0.1, 0.15) is 24.2 Å². The van der Waals surface area contributed by atoms with Crippen LogP contribution in [0, 0.1) is 5.92 Å². The van der Waals surface area contributed by atoms with Crippen LogP contribution in [0.5, 0.6) is 5.75 Å². The molecule has 1 aliphatic rings. The maximum absolute atomic E-state index is 13.0. The van der Waals surface area contributed by atoms with Crippen molar-refractivity contribution in [3.8, 4) is 5.75 Å². The second kappa shape index (κ2) is 9.71. The Morgan fingerprint density at radius 2 is 1.64 bits per heavy atom. The number of fused-ring (bicyclic) bond motifs is 1. The van der Waals surface area contributed by atoms with Crippen molar-refractivity contribution >= 4 is 45.6 Å². The molecule has 172 valence electrons. The van der Waals surface area contributed by atoms with Crippen molar-refractivity contribution in [2.45, 2.75) is 13.8 Å². The zero-order valence-corrected chi connectivity index (χ0v) is 19.9. The summed E-state index contributed by atoms with van der Waals surface area (Å²) in [6, 6.07) is 17.0. The summed E-state index contributed by atoms with van der Waals surface area (Å²) < 4.78 is 5.45. The summed E-state index contributed by atoms with van der Waals surface area (Å²) in [6.07, 6.45) is 0. The van der Waals surface area contributed by atoms with Gasteiger partial charge in [0.15, 0.2) is 0 Å². The fourth-order valence-corrected chi connectivity index (χ4v) is 4.44. The maximum Gasteiger partial charge on any atom is 0.259 e. The summed E-state index contributed by atoms with van der Waals surface area (Å²) in [7, 11) is 1.56. The molecule has 0 aliphatic carbocycles. The van der Waals surface area contributed by atoms with E-state index in [1.165, 1.54) is 0 Å². The molecule has 0 atom stereocenters. The van der Waals surface area contributed by atoms with Crippen LogP contribution in [0.3, 0.4) is 0 Å². The number of rotatable bonds is 5. The molecule has 0 bridgehead atoms. The Labute approximate surface area is 199 Å². The summed E-state index contributed by atoms with van der Waals surface area (Å²) in [5.41, 5.74) is 1.97. The quantitative estimate of drug-likeness (QED) is 0.572. The van der Waals surface area contributed by atoms with Crippen LogP contribution in [0.2, 0.25) is 5.02 Å². The Morgan fingerprint density at radius 1 is 0.970 bits per heavy atom. The Hall–Kier alpha value is -3.25. The second-order valence-electron chi connectivity index (χ2n) is 8.49. The predicted octanol–water partition coefficient (Wildman–Crippen LogP) is 5.06. The van der Waals surface area contributed by atoms with Crippen molar-refractivity contribution in [3.05, 3.63) is 65.2 Å².